The predicted octanol–water partition coefficient (Wildman–Crippen LogP) is 4.42. The van der Waals surface area contributed by atoms with E-state index in [1.165, 1.54) is 54.8 Å². The lowest BCUT2D eigenvalue weighted by molar-refractivity contribution is 0.0697. The summed E-state index contributed by atoms with van der Waals surface area (Å²) in [4.78, 5) is 17.6. The number of carboxylic acid groups (broad SMARTS) is 1. The number of likely N-dealkylation sites (tertiary alicyclic amines) is 2. The molecule has 0 bridgehead atoms. The van der Waals surface area contributed by atoms with E-state index in [-0.39, 0.29) is 0 Å². The Morgan fingerprint density at radius 1 is 1.04 bits per heavy atom. The molecule has 4 nitrogen and oxygen atoms in total. The van der Waals surface area contributed by atoms with Gasteiger partial charge in [0.15, 0.2) is 0 Å². The number of aromatic carboxylic acids is 1. The van der Waals surface area contributed by atoms with Crippen LogP contribution in [0.15, 0.2) is 35.7 Å². The van der Waals surface area contributed by atoms with Crippen LogP contribution in [0, 0.1) is 0 Å². The highest BCUT2D eigenvalue weighted by molar-refractivity contribution is 7.10. The molecule has 0 aliphatic carbocycles. The van der Waals surface area contributed by atoms with Gasteiger partial charge >= 0.3 is 5.97 Å². The topological polar surface area (TPSA) is 43.8 Å². The summed E-state index contributed by atoms with van der Waals surface area (Å²) in [5.74, 6) is -0.347. The van der Waals surface area contributed by atoms with Crippen LogP contribution in [0.25, 0.3) is 0 Å². The molecule has 0 unspecified atom stereocenters. The zero-order valence-corrected chi connectivity index (χ0v) is 16.6. The van der Waals surface area contributed by atoms with Gasteiger partial charge in [-0.25, -0.2) is 4.79 Å². The molecule has 0 amide bonds. The van der Waals surface area contributed by atoms with Crippen molar-refractivity contribution in [3.63, 3.8) is 0 Å². The van der Waals surface area contributed by atoms with E-state index in [1.807, 2.05) is 23.5 Å². The van der Waals surface area contributed by atoms with Crippen LogP contribution in [-0.4, -0.2) is 47.1 Å². The molecule has 2 fully saturated rings. The molecule has 144 valence electrons. The molecule has 0 saturated carbocycles. The van der Waals surface area contributed by atoms with Gasteiger partial charge in [-0.05, 0) is 85.9 Å². The molecule has 3 heterocycles. The highest BCUT2D eigenvalue weighted by atomic mass is 32.1. The van der Waals surface area contributed by atoms with Crippen molar-refractivity contribution in [2.45, 2.75) is 44.7 Å². The van der Waals surface area contributed by atoms with E-state index in [0.29, 0.717) is 11.5 Å². The summed E-state index contributed by atoms with van der Waals surface area (Å²) in [6, 6.07) is 9.86. The first-order valence-electron chi connectivity index (χ1n) is 10.0. The van der Waals surface area contributed by atoms with Gasteiger partial charge in [-0.3, -0.25) is 9.80 Å². The van der Waals surface area contributed by atoms with Crippen LogP contribution in [0.1, 0.15) is 58.0 Å². The minimum atomic E-state index is -0.853. The van der Waals surface area contributed by atoms with Gasteiger partial charge in [0.2, 0.25) is 0 Å². The number of thiophene rings is 1. The van der Waals surface area contributed by atoms with Gasteiger partial charge in [0.1, 0.15) is 0 Å². The molecule has 1 aromatic carbocycles. The van der Waals surface area contributed by atoms with Crippen molar-refractivity contribution in [3.05, 3.63) is 57.3 Å². The van der Waals surface area contributed by atoms with Gasteiger partial charge in [-0.15, -0.1) is 11.3 Å². The molecule has 2 saturated heterocycles. The van der Waals surface area contributed by atoms with Gasteiger partial charge in [-0.2, -0.15) is 0 Å². The lowest BCUT2D eigenvalue weighted by Gasteiger charge is -2.32. The maximum atomic E-state index is 11.0. The second-order valence-electron chi connectivity index (χ2n) is 7.91. The van der Waals surface area contributed by atoms with Crippen LogP contribution >= 0.6 is 11.3 Å². The molecular formula is C22H28N2O2S. The first-order chi connectivity index (χ1) is 13.2. The van der Waals surface area contributed by atoms with Crippen LogP contribution in [0.5, 0.6) is 0 Å². The summed E-state index contributed by atoms with van der Waals surface area (Å²) >= 11 is 1.90. The fraction of sp³-hybridized carbons (Fsp3) is 0.500. The summed E-state index contributed by atoms with van der Waals surface area (Å²) in [6.45, 7) is 6.86. The van der Waals surface area contributed by atoms with Crippen molar-refractivity contribution < 1.29 is 9.90 Å². The molecule has 1 aromatic heterocycles. The van der Waals surface area contributed by atoms with Crippen molar-refractivity contribution in [3.8, 4) is 0 Å². The Morgan fingerprint density at radius 2 is 1.78 bits per heavy atom. The van der Waals surface area contributed by atoms with Crippen molar-refractivity contribution in [2.75, 3.05) is 26.2 Å². The largest absolute Gasteiger partial charge is 0.478 e. The van der Waals surface area contributed by atoms with Gasteiger partial charge < -0.3 is 5.11 Å². The molecular weight excluding hydrogens is 356 g/mol. The van der Waals surface area contributed by atoms with Crippen molar-refractivity contribution in [1.82, 2.24) is 9.80 Å². The Balaban J connectivity index is 1.34. The standard InChI is InChI=1S/C22H28N2O2S/c25-22(26)19-7-5-18(6-8-19)20-4-3-11-24(14-20)15-21-12-17(16-27-21)13-23-9-1-2-10-23/h5-8,12,16,20H,1-4,9-11,13-15H2,(H,25,26)/t20-/m1/s1. The molecule has 1 N–H and O–H groups in total. The predicted molar refractivity (Wildman–Crippen MR) is 109 cm³/mol. The summed E-state index contributed by atoms with van der Waals surface area (Å²) in [6.07, 6.45) is 5.09. The maximum absolute atomic E-state index is 11.0. The Labute approximate surface area is 165 Å². The van der Waals surface area contributed by atoms with Gasteiger partial charge in [0.25, 0.3) is 0 Å². The van der Waals surface area contributed by atoms with Crippen molar-refractivity contribution in [2.24, 2.45) is 0 Å². The number of carbonyl (C=O) groups is 1. The van der Waals surface area contributed by atoms with Crippen molar-refractivity contribution in [1.29, 1.82) is 0 Å². The van der Waals surface area contributed by atoms with Gasteiger partial charge in [0.05, 0.1) is 5.56 Å². The first-order valence-corrected chi connectivity index (χ1v) is 10.9. The summed E-state index contributed by atoms with van der Waals surface area (Å²) in [5.41, 5.74) is 3.11. The number of hydrogen-bond acceptors (Lipinski definition) is 4. The minimum Gasteiger partial charge on any atom is -0.478 e. The number of carboxylic acids is 1. The molecule has 1 atom stereocenters. The average molecular weight is 385 g/mol. The normalized spacial score (nSPS) is 21.6. The average Bonchev–Trinajstić information content (AvgIpc) is 3.35. The zero-order valence-electron chi connectivity index (χ0n) is 15.8. The third-order valence-electron chi connectivity index (χ3n) is 5.83. The van der Waals surface area contributed by atoms with Crippen molar-refractivity contribution >= 4 is 17.3 Å². The third-order valence-corrected chi connectivity index (χ3v) is 6.80. The van der Waals surface area contributed by atoms with Gasteiger partial charge in [-0.1, -0.05) is 12.1 Å². The second kappa shape index (κ2) is 8.55. The molecule has 5 heteroatoms. The van der Waals surface area contributed by atoms with E-state index in [2.05, 4.69) is 21.2 Å². The fourth-order valence-corrected chi connectivity index (χ4v) is 5.30. The third kappa shape index (κ3) is 4.78. The van der Waals surface area contributed by atoms with E-state index in [1.54, 1.807) is 12.1 Å². The molecule has 2 aliphatic rings. The van der Waals surface area contributed by atoms with E-state index in [4.69, 9.17) is 5.11 Å². The Kier molecular flexibility index (Phi) is 5.91. The lowest BCUT2D eigenvalue weighted by atomic mass is 9.90. The summed E-state index contributed by atoms with van der Waals surface area (Å²) < 4.78 is 0. The molecule has 4 rings (SSSR count). The Morgan fingerprint density at radius 3 is 2.52 bits per heavy atom. The number of nitrogens with zero attached hydrogens (tertiary/aromatic N) is 2. The van der Waals surface area contributed by atoms with Gasteiger partial charge in [0, 0.05) is 24.5 Å². The number of rotatable bonds is 6. The monoisotopic (exact) mass is 384 g/mol. The summed E-state index contributed by atoms with van der Waals surface area (Å²) in [5, 5.41) is 11.4. The minimum absolute atomic E-state index is 0.371. The van der Waals surface area contributed by atoms with E-state index >= 15 is 0 Å². The highest BCUT2D eigenvalue weighted by Crippen LogP contribution is 2.29. The Bertz CT molecular complexity index is 765. The molecule has 2 aliphatic heterocycles. The maximum Gasteiger partial charge on any atom is 0.335 e. The van der Waals surface area contributed by atoms with Crippen LogP contribution in [0.2, 0.25) is 0 Å². The lowest BCUT2D eigenvalue weighted by Crippen LogP contribution is -2.33. The van der Waals surface area contributed by atoms with Crippen LogP contribution in [-0.2, 0) is 13.1 Å². The highest BCUT2D eigenvalue weighted by Gasteiger charge is 2.22. The zero-order chi connectivity index (χ0) is 18.6. The molecule has 2 aromatic rings. The smallest absolute Gasteiger partial charge is 0.335 e. The quantitative estimate of drug-likeness (QED) is 0.801. The SMILES string of the molecule is O=C(O)c1ccc([C@@H]2CCCN(Cc3cc(CN4CCCC4)cs3)C2)cc1. The molecule has 0 spiro atoms. The van der Waals surface area contributed by atoms with Crippen LogP contribution in [0.3, 0.4) is 0 Å². The Hall–Kier alpha value is -1.69. The number of benzene rings is 1. The first kappa shape index (κ1) is 18.7. The summed E-state index contributed by atoms with van der Waals surface area (Å²) in [7, 11) is 0. The van der Waals surface area contributed by atoms with Crippen LogP contribution in [0.4, 0.5) is 0 Å². The van der Waals surface area contributed by atoms with Crippen LogP contribution < -0.4 is 0 Å². The second-order valence-corrected chi connectivity index (χ2v) is 8.90. The number of hydrogen-bond donors (Lipinski definition) is 1. The van der Waals surface area contributed by atoms with E-state index in [9.17, 15) is 4.79 Å². The molecule has 27 heavy (non-hydrogen) atoms. The number of piperidine rings is 1. The molecule has 0 radical (unpaired) electrons. The van der Waals surface area contributed by atoms with E-state index in [0.717, 1.165) is 26.2 Å². The van der Waals surface area contributed by atoms with E-state index < -0.39 is 5.97 Å². The fourth-order valence-electron chi connectivity index (χ4n) is 4.38.